The quantitative estimate of drug-likeness (QED) is 0.819. The van der Waals surface area contributed by atoms with Crippen molar-refractivity contribution in [2.45, 2.75) is 44.4 Å². The van der Waals surface area contributed by atoms with Crippen molar-refractivity contribution in [3.05, 3.63) is 30.2 Å². The lowest BCUT2D eigenvalue weighted by molar-refractivity contribution is 0.0833. The minimum absolute atomic E-state index is 0.0174. The summed E-state index contributed by atoms with van der Waals surface area (Å²) in [4.78, 5) is 15.0. The van der Waals surface area contributed by atoms with Crippen LogP contribution in [0.4, 0.5) is 0 Å². The van der Waals surface area contributed by atoms with Crippen LogP contribution in [0.25, 0.3) is 0 Å². The molecule has 2 aromatic rings. The SMILES string of the molecule is c1cnc(OC2CCN(Cc3noc([C@@H]4CCCO4)n3)CC2)nc1. The third kappa shape index (κ3) is 3.70. The van der Waals surface area contributed by atoms with E-state index in [0.29, 0.717) is 18.4 Å². The molecule has 8 heteroatoms. The van der Waals surface area contributed by atoms with E-state index in [1.54, 1.807) is 18.5 Å². The minimum Gasteiger partial charge on any atom is -0.460 e. The van der Waals surface area contributed by atoms with Gasteiger partial charge >= 0.3 is 6.01 Å². The van der Waals surface area contributed by atoms with Gasteiger partial charge in [0.1, 0.15) is 12.2 Å². The summed E-state index contributed by atoms with van der Waals surface area (Å²) in [5, 5.41) is 4.08. The van der Waals surface area contributed by atoms with Gasteiger partial charge in [0.2, 0.25) is 0 Å². The van der Waals surface area contributed by atoms with Crippen LogP contribution in [0, 0.1) is 0 Å². The normalized spacial score (nSPS) is 22.8. The molecule has 24 heavy (non-hydrogen) atoms. The zero-order valence-corrected chi connectivity index (χ0v) is 13.5. The average Bonchev–Trinajstić information content (AvgIpc) is 3.29. The fourth-order valence-corrected chi connectivity index (χ4v) is 3.12. The number of likely N-dealkylation sites (tertiary alicyclic amines) is 1. The molecule has 0 amide bonds. The zero-order valence-electron chi connectivity index (χ0n) is 13.5. The largest absolute Gasteiger partial charge is 0.460 e. The molecule has 4 rings (SSSR count). The molecule has 1 atom stereocenters. The van der Waals surface area contributed by atoms with Gasteiger partial charge in [-0.15, -0.1) is 0 Å². The molecule has 0 aliphatic carbocycles. The summed E-state index contributed by atoms with van der Waals surface area (Å²) in [6, 6.07) is 2.24. The van der Waals surface area contributed by atoms with Gasteiger partial charge in [-0.2, -0.15) is 4.98 Å². The van der Waals surface area contributed by atoms with Gasteiger partial charge in [0.15, 0.2) is 5.82 Å². The van der Waals surface area contributed by atoms with E-state index in [4.69, 9.17) is 14.0 Å². The second-order valence-electron chi connectivity index (χ2n) is 6.18. The predicted octanol–water partition coefficient (Wildman–Crippen LogP) is 1.75. The lowest BCUT2D eigenvalue weighted by atomic mass is 10.1. The topological polar surface area (TPSA) is 86.4 Å². The highest BCUT2D eigenvalue weighted by Crippen LogP contribution is 2.27. The molecule has 2 aliphatic heterocycles. The smallest absolute Gasteiger partial charge is 0.316 e. The Morgan fingerprint density at radius 3 is 2.75 bits per heavy atom. The summed E-state index contributed by atoms with van der Waals surface area (Å²) < 4.78 is 16.7. The monoisotopic (exact) mass is 331 g/mol. The van der Waals surface area contributed by atoms with Crippen LogP contribution in [0.3, 0.4) is 0 Å². The highest BCUT2D eigenvalue weighted by molar-refractivity contribution is 4.96. The van der Waals surface area contributed by atoms with E-state index in [-0.39, 0.29) is 12.2 Å². The Morgan fingerprint density at radius 1 is 1.17 bits per heavy atom. The fraction of sp³-hybridized carbons (Fsp3) is 0.625. The molecule has 128 valence electrons. The number of nitrogens with zero attached hydrogens (tertiary/aromatic N) is 5. The van der Waals surface area contributed by atoms with E-state index < -0.39 is 0 Å². The predicted molar refractivity (Wildman–Crippen MR) is 83.2 cm³/mol. The first-order valence-corrected chi connectivity index (χ1v) is 8.47. The lowest BCUT2D eigenvalue weighted by Crippen LogP contribution is -2.38. The van der Waals surface area contributed by atoms with Crippen molar-refractivity contribution in [2.75, 3.05) is 19.7 Å². The molecule has 8 nitrogen and oxygen atoms in total. The molecule has 2 saturated heterocycles. The van der Waals surface area contributed by atoms with E-state index in [1.807, 2.05) is 0 Å². The van der Waals surface area contributed by atoms with Crippen molar-refractivity contribution in [2.24, 2.45) is 0 Å². The third-order valence-electron chi connectivity index (χ3n) is 4.40. The highest BCUT2D eigenvalue weighted by Gasteiger charge is 2.26. The fourth-order valence-electron chi connectivity index (χ4n) is 3.12. The second-order valence-corrected chi connectivity index (χ2v) is 6.18. The summed E-state index contributed by atoms with van der Waals surface area (Å²) >= 11 is 0. The number of ether oxygens (including phenoxy) is 2. The van der Waals surface area contributed by atoms with Crippen molar-refractivity contribution in [3.8, 4) is 6.01 Å². The number of piperidine rings is 1. The van der Waals surface area contributed by atoms with Crippen LogP contribution in [-0.4, -0.2) is 50.8 Å². The summed E-state index contributed by atoms with van der Waals surface area (Å²) in [6.45, 7) is 3.34. The summed E-state index contributed by atoms with van der Waals surface area (Å²) in [7, 11) is 0. The van der Waals surface area contributed by atoms with Crippen LogP contribution < -0.4 is 4.74 Å². The van der Waals surface area contributed by atoms with E-state index in [0.717, 1.165) is 51.2 Å². The number of hydrogen-bond acceptors (Lipinski definition) is 8. The molecule has 2 aromatic heterocycles. The Bertz CT molecular complexity index is 636. The van der Waals surface area contributed by atoms with Crippen LogP contribution in [0.1, 0.15) is 43.5 Å². The summed E-state index contributed by atoms with van der Waals surface area (Å²) in [5.74, 6) is 1.34. The Morgan fingerprint density at radius 2 is 2.00 bits per heavy atom. The summed E-state index contributed by atoms with van der Waals surface area (Å²) in [6.07, 6.45) is 7.43. The standard InChI is InChI=1S/C16H21N5O3/c1-3-13(22-10-1)15-19-14(20-24-15)11-21-8-4-12(5-9-21)23-16-17-6-2-7-18-16/h2,6-7,12-13H,1,3-5,8-11H2/t13-/m0/s1. The molecular formula is C16H21N5O3. The molecule has 0 bridgehead atoms. The second kappa shape index (κ2) is 7.23. The zero-order chi connectivity index (χ0) is 16.2. The Balaban J connectivity index is 1.26. The molecule has 0 unspecified atom stereocenters. The molecule has 2 fully saturated rings. The third-order valence-corrected chi connectivity index (χ3v) is 4.40. The number of aromatic nitrogens is 4. The summed E-state index contributed by atoms with van der Waals surface area (Å²) in [5.41, 5.74) is 0. The first-order chi connectivity index (χ1) is 11.9. The number of rotatable bonds is 5. The maximum atomic E-state index is 5.81. The van der Waals surface area contributed by atoms with Crippen molar-refractivity contribution in [3.63, 3.8) is 0 Å². The van der Waals surface area contributed by atoms with Gasteiger partial charge < -0.3 is 14.0 Å². The van der Waals surface area contributed by atoms with Crippen molar-refractivity contribution >= 4 is 0 Å². The van der Waals surface area contributed by atoms with E-state index in [2.05, 4.69) is 25.0 Å². The van der Waals surface area contributed by atoms with Gasteiger partial charge in [-0.1, -0.05) is 5.16 Å². The maximum Gasteiger partial charge on any atom is 0.316 e. The Hall–Kier alpha value is -2.06. The first-order valence-electron chi connectivity index (χ1n) is 8.47. The lowest BCUT2D eigenvalue weighted by Gasteiger charge is -2.30. The number of hydrogen-bond donors (Lipinski definition) is 0. The van der Waals surface area contributed by atoms with E-state index in [1.165, 1.54) is 0 Å². The Kier molecular flexibility index (Phi) is 4.66. The molecule has 0 aromatic carbocycles. The van der Waals surface area contributed by atoms with Crippen molar-refractivity contribution in [1.82, 2.24) is 25.0 Å². The molecule has 0 saturated carbocycles. The van der Waals surface area contributed by atoms with Crippen LogP contribution >= 0.6 is 0 Å². The van der Waals surface area contributed by atoms with Crippen molar-refractivity contribution in [1.29, 1.82) is 0 Å². The van der Waals surface area contributed by atoms with E-state index in [9.17, 15) is 0 Å². The maximum absolute atomic E-state index is 5.81. The molecule has 0 spiro atoms. The van der Waals surface area contributed by atoms with Crippen LogP contribution in [-0.2, 0) is 11.3 Å². The van der Waals surface area contributed by atoms with Crippen LogP contribution in [0.15, 0.2) is 23.0 Å². The van der Waals surface area contributed by atoms with E-state index >= 15 is 0 Å². The van der Waals surface area contributed by atoms with Gasteiger partial charge in [-0.3, -0.25) is 4.90 Å². The molecular weight excluding hydrogens is 310 g/mol. The van der Waals surface area contributed by atoms with Gasteiger partial charge in [0, 0.05) is 32.1 Å². The molecule has 2 aliphatic rings. The van der Waals surface area contributed by atoms with Gasteiger partial charge in [-0.25, -0.2) is 9.97 Å². The molecule has 0 N–H and O–H groups in total. The van der Waals surface area contributed by atoms with Crippen LogP contribution in [0.5, 0.6) is 6.01 Å². The van der Waals surface area contributed by atoms with Gasteiger partial charge in [0.05, 0.1) is 6.54 Å². The molecule has 0 radical (unpaired) electrons. The molecule has 4 heterocycles. The van der Waals surface area contributed by atoms with Gasteiger partial charge in [-0.05, 0) is 31.7 Å². The first kappa shape index (κ1) is 15.5. The highest BCUT2D eigenvalue weighted by atomic mass is 16.5. The minimum atomic E-state index is -0.0174. The Labute approximate surface area is 140 Å². The van der Waals surface area contributed by atoms with Gasteiger partial charge in [0.25, 0.3) is 5.89 Å². The van der Waals surface area contributed by atoms with Crippen molar-refractivity contribution < 1.29 is 14.0 Å². The average molecular weight is 331 g/mol. The van der Waals surface area contributed by atoms with Crippen LogP contribution in [0.2, 0.25) is 0 Å².